The Hall–Kier alpha value is -2.67. The third-order valence-corrected chi connectivity index (χ3v) is 4.44. The van der Waals surface area contributed by atoms with Crippen molar-refractivity contribution in [3.63, 3.8) is 0 Å². The number of nitrogens with one attached hydrogen (secondary N) is 1. The number of amides is 2. The van der Waals surface area contributed by atoms with Gasteiger partial charge in [0.15, 0.2) is 0 Å². The van der Waals surface area contributed by atoms with Gasteiger partial charge in [-0.3, -0.25) is 4.90 Å². The minimum Gasteiger partial charge on any atom is -0.496 e. The number of carbonyl (C=O) groups excluding carboxylic acids is 1. The van der Waals surface area contributed by atoms with Gasteiger partial charge in [-0.2, -0.15) is 0 Å². The second-order valence-corrected chi connectivity index (χ2v) is 6.10. The fourth-order valence-corrected chi connectivity index (χ4v) is 2.99. The number of anilines is 1. The van der Waals surface area contributed by atoms with Gasteiger partial charge in [-0.1, -0.05) is 24.3 Å². The van der Waals surface area contributed by atoms with Gasteiger partial charge >= 0.3 is 6.03 Å². The quantitative estimate of drug-likeness (QED) is 0.909. The van der Waals surface area contributed by atoms with E-state index in [2.05, 4.69) is 10.2 Å². The van der Waals surface area contributed by atoms with E-state index in [4.69, 9.17) is 4.74 Å². The van der Waals surface area contributed by atoms with Gasteiger partial charge in [-0.15, -0.1) is 0 Å². The molecule has 0 radical (unpaired) electrons. The average Bonchev–Trinajstić information content (AvgIpc) is 2.66. The Kier molecular flexibility index (Phi) is 5.68. The zero-order valence-corrected chi connectivity index (χ0v) is 14.5. The predicted molar refractivity (Wildman–Crippen MR) is 95.2 cm³/mol. The SMILES string of the molecule is COc1ccccc1CN1CCN(C(=O)Nc2c(F)cccc2F)CC1. The van der Waals surface area contributed by atoms with Gasteiger partial charge in [0.25, 0.3) is 0 Å². The van der Waals surface area contributed by atoms with Crippen LogP contribution in [0.1, 0.15) is 5.56 Å². The van der Waals surface area contributed by atoms with Crippen molar-refractivity contribution in [2.45, 2.75) is 6.54 Å². The highest BCUT2D eigenvalue weighted by Gasteiger charge is 2.23. The number of carbonyl (C=O) groups is 1. The molecule has 26 heavy (non-hydrogen) atoms. The topological polar surface area (TPSA) is 44.8 Å². The Balaban J connectivity index is 1.56. The second kappa shape index (κ2) is 8.14. The van der Waals surface area contributed by atoms with Crippen LogP contribution in [-0.2, 0) is 6.54 Å². The standard InChI is InChI=1S/C19H21F2N3O2/c1-26-17-8-3-2-5-14(17)13-23-9-11-24(12-10-23)19(25)22-18-15(20)6-4-7-16(18)21/h2-8H,9-13H2,1H3,(H,22,25). The summed E-state index contributed by atoms with van der Waals surface area (Å²) in [7, 11) is 1.64. The third-order valence-electron chi connectivity index (χ3n) is 4.44. The first-order valence-corrected chi connectivity index (χ1v) is 8.42. The lowest BCUT2D eigenvalue weighted by Gasteiger charge is -2.34. The van der Waals surface area contributed by atoms with E-state index in [9.17, 15) is 13.6 Å². The van der Waals surface area contributed by atoms with Gasteiger partial charge < -0.3 is 15.0 Å². The van der Waals surface area contributed by atoms with Crippen molar-refractivity contribution in [1.29, 1.82) is 0 Å². The molecule has 1 N–H and O–H groups in total. The summed E-state index contributed by atoms with van der Waals surface area (Å²) in [4.78, 5) is 16.1. The molecule has 2 amide bonds. The lowest BCUT2D eigenvalue weighted by molar-refractivity contribution is 0.142. The normalized spacial score (nSPS) is 15.0. The molecule has 0 atom stereocenters. The molecule has 3 rings (SSSR count). The highest BCUT2D eigenvalue weighted by atomic mass is 19.1. The van der Waals surface area contributed by atoms with Gasteiger partial charge in [0.05, 0.1) is 7.11 Å². The van der Waals surface area contributed by atoms with Gasteiger partial charge in [0.2, 0.25) is 0 Å². The van der Waals surface area contributed by atoms with Gasteiger partial charge in [-0.05, 0) is 18.2 Å². The maximum absolute atomic E-state index is 13.7. The van der Waals surface area contributed by atoms with E-state index in [0.717, 1.165) is 30.0 Å². The van der Waals surface area contributed by atoms with Crippen molar-refractivity contribution in [2.75, 3.05) is 38.6 Å². The monoisotopic (exact) mass is 361 g/mol. The van der Waals surface area contributed by atoms with E-state index >= 15 is 0 Å². The minimum absolute atomic E-state index is 0.408. The number of rotatable bonds is 4. The summed E-state index contributed by atoms with van der Waals surface area (Å²) in [5.74, 6) is -0.732. The van der Waals surface area contributed by atoms with Crippen LogP contribution in [0, 0.1) is 11.6 Å². The van der Waals surface area contributed by atoms with Crippen LogP contribution in [0.3, 0.4) is 0 Å². The molecule has 5 nitrogen and oxygen atoms in total. The Morgan fingerprint density at radius 1 is 1.04 bits per heavy atom. The molecule has 1 heterocycles. The summed E-state index contributed by atoms with van der Waals surface area (Å²) in [6, 6.07) is 10.8. The molecule has 1 aliphatic rings. The van der Waals surface area contributed by atoms with Crippen LogP contribution in [0.5, 0.6) is 5.75 Å². The number of methoxy groups -OCH3 is 1. The lowest BCUT2D eigenvalue weighted by atomic mass is 10.1. The number of nitrogens with zero attached hydrogens (tertiary/aromatic N) is 2. The summed E-state index contributed by atoms with van der Waals surface area (Å²) in [5.41, 5.74) is 0.676. The van der Waals surface area contributed by atoms with Crippen LogP contribution in [0.4, 0.5) is 19.3 Å². The van der Waals surface area contributed by atoms with Crippen LogP contribution in [0.15, 0.2) is 42.5 Å². The minimum atomic E-state index is -0.784. The van der Waals surface area contributed by atoms with Crippen molar-refractivity contribution in [3.05, 3.63) is 59.7 Å². The van der Waals surface area contributed by atoms with Crippen molar-refractivity contribution in [2.24, 2.45) is 0 Å². The number of halogens is 2. The molecule has 0 saturated carbocycles. The van der Waals surface area contributed by atoms with Gasteiger partial charge in [0.1, 0.15) is 23.1 Å². The summed E-state index contributed by atoms with van der Waals surface area (Å²) in [5, 5.41) is 2.33. The summed E-state index contributed by atoms with van der Waals surface area (Å²) in [6.07, 6.45) is 0. The number of ether oxygens (including phenoxy) is 1. The fraction of sp³-hybridized carbons (Fsp3) is 0.316. The molecule has 7 heteroatoms. The van der Waals surface area contributed by atoms with E-state index in [1.807, 2.05) is 24.3 Å². The zero-order chi connectivity index (χ0) is 18.5. The first-order valence-electron chi connectivity index (χ1n) is 8.42. The second-order valence-electron chi connectivity index (χ2n) is 6.10. The van der Waals surface area contributed by atoms with Crippen LogP contribution in [0.25, 0.3) is 0 Å². The zero-order valence-electron chi connectivity index (χ0n) is 14.5. The Morgan fingerprint density at radius 2 is 1.69 bits per heavy atom. The highest BCUT2D eigenvalue weighted by molar-refractivity contribution is 5.89. The van der Waals surface area contributed by atoms with E-state index in [-0.39, 0.29) is 0 Å². The Morgan fingerprint density at radius 3 is 2.35 bits per heavy atom. The predicted octanol–water partition coefficient (Wildman–Crippen LogP) is 3.32. The molecule has 0 spiro atoms. The average molecular weight is 361 g/mol. The molecule has 1 fully saturated rings. The van der Waals surface area contributed by atoms with Crippen LogP contribution in [-0.4, -0.2) is 49.1 Å². The number of hydrogen-bond donors (Lipinski definition) is 1. The maximum Gasteiger partial charge on any atom is 0.322 e. The molecule has 0 unspecified atom stereocenters. The lowest BCUT2D eigenvalue weighted by Crippen LogP contribution is -2.49. The number of urea groups is 1. The Bertz CT molecular complexity index is 757. The maximum atomic E-state index is 13.7. The smallest absolute Gasteiger partial charge is 0.322 e. The van der Waals surface area contributed by atoms with E-state index in [0.29, 0.717) is 26.2 Å². The van der Waals surface area contributed by atoms with E-state index < -0.39 is 23.4 Å². The first kappa shape index (κ1) is 18.1. The summed E-state index contributed by atoms with van der Waals surface area (Å²) in [6.45, 7) is 3.03. The molecule has 1 saturated heterocycles. The van der Waals surface area contributed by atoms with Crippen LogP contribution < -0.4 is 10.1 Å². The fourth-order valence-electron chi connectivity index (χ4n) is 2.99. The number of para-hydroxylation sites is 2. The molecular formula is C19H21F2N3O2. The molecule has 0 bridgehead atoms. The molecular weight excluding hydrogens is 340 g/mol. The van der Waals surface area contributed by atoms with Crippen molar-refractivity contribution < 1.29 is 18.3 Å². The van der Waals surface area contributed by atoms with Crippen molar-refractivity contribution >= 4 is 11.7 Å². The summed E-state index contributed by atoms with van der Waals surface area (Å²) >= 11 is 0. The third kappa shape index (κ3) is 4.11. The van der Waals surface area contributed by atoms with E-state index in [1.54, 1.807) is 12.0 Å². The molecule has 2 aromatic carbocycles. The largest absolute Gasteiger partial charge is 0.496 e. The highest BCUT2D eigenvalue weighted by Crippen LogP contribution is 2.21. The first-order chi connectivity index (χ1) is 12.6. The summed E-state index contributed by atoms with van der Waals surface area (Å²) < 4.78 is 32.7. The number of piperazine rings is 1. The van der Waals surface area contributed by atoms with Gasteiger partial charge in [0, 0.05) is 38.3 Å². The molecule has 138 valence electrons. The Labute approximate surface area is 151 Å². The van der Waals surface area contributed by atoms with Crippen LogP contribution in [0.2, 0.25) is 0 Å². The molecule has 2 aromatic rings. The number of hydrogen-bond acceptors (Lipinski definition) is 3. The van der Waals surface area contributed by atoms with Gasteiger partial charge in [-0.25, -0.2) is 13.6 Å². The number of benzene rings is 2. The van der Waals surface area contributed by atoms with Crippen molar-refractivity contribution in [3.8, 4) is 5.75 Å². The van der Waals surface area contributed by atoms with Crippen LogP contribution >= 0.6 is 0 Å². The molecule has 0 aromatic heterocycles. The molecule has 1 aliphatic heterocycles. The van der Waals surface area contributed by atoms with E-state index in [1.165, 1.54) is 6.07 Å². The van der Waals surface area contributed by atoms with Crippen molar-refractivity contribution in [1.82, 2.24) is 9.80 Å². The molecule has 0 aliphatic carbocycles.